The molecule has 1 aliphatic rings. The van der Waals surface area contributed by atoms with Crippen LogP contribution < -0.4 is 10.3 Å². The van der Waals surface area contributed by atoms with E-state index in [0.717, 1.165) is 5.56 Å². The third kappa shape index (κ3) is 4.40. The zero-order valence-electron chi connectivity index (χ0n) is 20.3. The Hall–Kier alpha value is -2.40. The lowest BCUT2D eigenvalue weighted by molar-refractivity contribution is -0.0643. The summed E-state index contributed by atoms with van der Waals surface area (Å²) in [5.74, 6) is 0.565. The van der Waals surface area contributed by atoms with Crippen molar-refractivity contribution in [2.45, 2.75) is 83.5 Å². The molecular formula is C25H34N2O4Si. The Kier molecular flexibility index (Phi) is 6.20. The van der Waals surface area contributed by atoms with Gasteiger partial charge >= 0.3 is 0 Å². The smallest absolute Gasteiger partial charge is 0.251 e. The molecule has 0 saturated carbocycles. The van der Waals surface area contributed by atoms with Gasteiger partial charge in [0.25, 0.3) is 5.56 Å². The number of aliphatic hydroxyl groups is 1. The minimum Gasteiger partial charge on any atom is -0.485 e. The fourth-order valence-electron chi connectivity index (χ4n) is 3.81. The van der Waals surface area contributed by atoms with Crippen LogP contribution in [0.1, 0.15) is 70.4 Å². The number of pyridine rings is 1. The standard InChI is InChI=1S/C25H34N2O4Si/c1-16(31-32(7,8)24(2,3)4)18-11-12-27(21(28)14-18)22-19-13-17(15-26)9-10-20(19)30-25(5,6)23(22)29/h9-14,16,22-23,29H,1-8H3. The number of hydrogen-bond acceptors (Lipinski definition) is 5. The number of aromatic nitrogens is 1. The first-order valence-electron chi connectivity index (χ1n) is 11.0. The van der Waals surface area contributed by atoms with Crippen LogP contribution in [0.2, 0.25) is 18.1 Å². The van der Waals surface area contributed by atoms with Crippen LogP contribution in [0.3, 0.4) is 0 Å². The average Bonchev–Trinajstić information content (AvgIpc) is 2.68. The van der Waals surface area contributed by atoms with E-state index in [4.69, 9.17) is 9.16 Å². The van der Waals surface area contributed by atoms with Crippen molar-refractivity contribution in [1.29, 1.82) is 5.26 Å². The number of aliphatic hydroxyl groups excluding tert-OH is 1. The lowest BCUT2D eigenvalue weighted by Crippen LogP contribution is -2.52. The van der Waals surface area contributed by atoms with Crippen molar-refractivity contribution in [2.75, 3.05) is 0 Å². The van der Waals surface area contributed by atoms with E-state index in [9.17, 15) is 15.2 Å². The Morgan fingerprint density at radius 3 is 2.47 bits per heavy atom. The third-order valence-electron chi connectivity index (χ3n) is 6.86. The normalized spacial score (nSPS) is 21.2. The van der Waals surface area contributed by atoms with E-state index >= 15 is 0 Å². The summed E-state index contributed by atoms with van der Waals surface area (Å²) in [5, 5.41) is 20.5. The topological polar surface area (TPSA) is 84.5 Å². The highest BCUT2D eigenvalue weighted by atomic mass is 28.4. The van der Waals surface area contributed by atoms with Gasteiger partial charge in [-0.25, -0.2) is 0 Å². The van der Waals surface area contributed by atoms with Gasteiger partial charge in [-0.3, -0.25) is 4.79 Å². The second-order valence-corrected chi connectivity index (χ2v) is 15.4. The van der Waals surface area contributed by atoms with E-state index in [0.29, 0.717) is 16.9 Å². The molecule has 3 rings (SSSR count). The lowest BCUT2D eigenvalue weighted by Gasteiger charge is -2.42. The number of ether oxygens (including phenoxy) is 1. The highest BCUT2D eigenvalue weighted by Crippen LogP contribution is 2.42. The molecule has 6 nitrogen and oxygen atoms in total. The van der Waals surface area contributed by atoms with Gasteiger partial charge in [-0.1, -0.05) is 20.8 Å². The van der Waals surface area contributed by atoms with Crippen LogP contribution in [0.25, 0.3) is 0 Å². The SMILES string of the molecule is CC(O[Si](C)(C)C(C)(C)C)c1ccn(C2c3cc(C#N)ccc3OC(C)(C)C2O)c(=O)c1. The van der Waals surface area contributed by atoms with E-state index in [-0.39, 0.29) is 16.7 Å². The van der Waals surface area contributed by atoms with Crippen molar-refractivity contribution in [3.8, 4) is 11.8 Å². The molecule has 1 aromatic carbocycles. The van der Waals surface area contributed by atoms with Crippen LogP contribution in [0.15, 0.2) is 41.3 Å². The summed E-state index contributed by atoms with van der Waals surface area (Å²) in [5.41, 5.74) is 0.746. The van der Waals surface area contributed by atoms with E-state index in [2.05, 4.69) is 39.9 Å². The average molecular weight is 455 g/mol. The van der Waals surface area contributed by atoms with Crippen molar-refractivity contribution < 1.29 is 14.3 Å². The number of rotatable bonds is 4. The summed E-state index contributed by atoms with van der Waals surface area (Å²) in [6, 6.07) is 10.00. The molecule has 2 heterocycles. The highest BCUT2D eigenvalue weighted by molar-refractivity contribution is 6.74. The van der Waals surface area contributed by atoms with Gasteiger partial charge in [-0.05, 0) is 68.7 Å². The maximum Gasteiger partial charge on any atom is 0.251 e. The molecule has 1 N–H and O–H groups in total. The second kappa shape index (κ2) is 8.18. The molecule has 1 aromatic heterocycles. The summed E-state index contributed by atoms with van der Waals surface area (Å²) in [4.78, 5) is 13.2. The molecule has 0 amide bonds. The highest BCUT2D eigenvalue weighted by Gasteiger charge is 2.44. The molecule has 32 heavy (non-hydrogen) atoms. The van der Waals surface area contributed by atoms with Crippen LogP contribution >= 0.6 is 0 Å². The molecule has 0 fully saturated rings. The van der Waals surface area contributed by atoms with Crippen LogP contribution in [-0.4, -0.2) is 29.7 Å². The zero-order chi connectivity index (χ0) is 24.1. The molecule has 1 aliphatic heterocycles. The van der Waals surface area contributed by atoms with E-state index in [1.807, 2.05) is 13.0 Å². The van der Waals surface area contributed by atoms with Crippen LogP contribution in [-0.2, 0) is 4.43 Å². The quantitative estimate of drug-likeness (QED) is 0.663. The Balaban J connectivity index is 2.02. The minimum absolute atomic E-state index is 0.0657. The van der Waals surface area contributed by atoms with Crippen LogP contribution in [0.4, 0.5) is 0 Å². The molecule has 2 aromatic rings. The molecule has 0 aliphatic carbocycles. The van der Waals surface area contributed by atoms with Crippen molar-refractivity contribution >= 4 is 8.32 Å². The number of hydrogen-bond donors (Lipinski definition) is 1. The van der Waals surface area contributed by atoms with Crippen molar-refractivity contribution in [3.05, 3.63) is 63.6 Å². The fourth-order valence-corrected chi connectivity index (χ4v) is 5.19. The fraction of sp³-hybridized carbons (Fsp3) is 0.520. The lowest BCUT2D eigenvalue weighted by atomic mass is 9.85. The first-order valence-corrected chi connectivity index (χ1v) is 13.9. The van der Waals surface area contributed by atoms with Gasteiger partial charge in [0.05, 0.1) is 23.8 Å². The Labute approximate surface area is 191 Å². The van der Waals surface area contributed by atoms with Gasteiger partial charge in [0.1, 0.15) is 17.5 Å². The molecule has 3 atom stereocenters. The predicted molar refractivity (Wildman–Crippen MR) is 127 cm³/mol. The summed E-state index contributed by atoms with van der Waals surface area (Å²) in [6.07, 6.45) is 0.515. The Morgan fingerprint density at radius 1 is 1.25 bits per heavy atom. The van der Waals surface area contributed by atoms with Crippen LogP contribution in [0.5, 0.6) is 5.75 Å². The summed E-state index contributed by atoms with van der Waals surface area (Å²) in [6.45, 7) is 16.5. The van der Waals surface area contributed by atoms with Crippen molar-refractivity contribution in [1.82, 2.24) is 4.57 Å². The van der Waals surface area contributed by atoms with Crippen molar-refractivity contribution in [2.24, 2.45) is 0 Å². The molecule has 0 bridgehead atoms. The largest absolute Gasteiger partial charge is 0.485 e. The summed E-state index contributed by atoms with van der Waals surface area (Å²) < 4.78 is 14.0. The number of fused-ring (bicyclic) bond motifs is 1. The van der Waals surface area contributed by atoms with Gasteiger partial charge in [0, 0.05) is 17.8 Å². The summed E-state index contributed by atoms with van der Waals surface area (Å²) >= 11 is 0. The maximum atomic E-state index is 13.2. The molecule has 172 valence electrons. The van der Waals surface area contributed by atoms with E-state index in [1.165, 1.54) is 4.57 Å². The van der Waals surface area contributed by atoms with Gasteiger partial charge in [-0.15, -0.1) is 0 Å². The minimum atomic E-state index is -2.00. The monoisotopic (exact) mass is 454 g/mol. The molecule has 0 radical (unpaired) electrons. The molecule has 0 spiro atoms. The Bertz CT molecular complexity index is 1110. The van der Waals surface area contributed by atoms with Gasteiger partial charge in [-0.2, -0.15) is 5.26 Å². The molecule has 3 unspecified atom stereocenters. The first kappa shape index (κ1) is 24.2. The third-order valence-corrected chi connectivity index (χ3v) is 11.4. The molecular weight excluding hydrogens is 420 g/mol. The number of benzene rings is 1. The summed E-state index contributed by atoms with van der Waals surface area (Å²) in [7, 11) is -2.00. The van der Waals surface area contributed by atoms with E-state index < -0.39 is 26.1 Å². The predicted octanol–water partition coefficient (Wildman–Crippen LogP) is 4.92. The van der Waals surface area contributed by atoms with Crippen LogP contribution in [0, 0.1) is 11.3 Å². The number of nitriles is 1. The second-order valence-electron chi connectivity index (χ2n) is 10.7. The van der Waals surface area contributed by atoms with Crippen molar-refractivity contribution in [3.63, 3.8) is 0 Å². The van der Waals surface area contributed by atoms with Gasteiger partial charge < -0.3 is 18.8 Å². The number of nitrogens with zero attached hydrogens (tertiary/aromatic N) is 2. The van der Waals surface area contributed by atoms with Gasteiger partial charge in [0.2, 0.25) is 0 Å². The van der Waals surface area contributed by atoms with Gasteiger partial charge in [0.15, 0.2) is 8.32 Å². The Morgan fingerprint density at radius 2 is 1.91 bits per heavy atom. The van der Waals surface area contributed by atoms with E-state index in [1.54, 1.807) is 44.3 Å². The molecule has 0 saturated heterocycles. The first-order chi connectivity index (χ1) is 14.7. The maximum absolute atomic E-state index is 13.2. The molecule has 7 heteroatoms. The zero-order valence-corrected chi connectivity index (χ0v) is 21.3.